The predicted molar refractivity (Wildman–Crippen MR) is 78.5 cm³/mol. The van der Waals surface area contributed by atoms with E-state index in [2.05, 4.69) is 23.6 Å². The fourth-order valence-electron chi connectivity index (χ4n) is 1.49. The average Bonchev–Trinajstić information content (AvgIpc) is 2.45. The van der Waals surface area contributed by atoms with Crippen molar-refractivity contribution in [1.82, 2.24) is 5.32 Å². The Morgan fingerprint density at radius 2 is 2.11 bits per heavy atom. The molecular weight excluding hydrogens is 240 g/mol. The maximum Gasteiger partial charge on any atom is 0.139 e. The van der Waals surface area contributed by atoms with Crippen molar-refractivity contribution in [3.63, 3.8) is 0 Å². The van der Waals surface area contributed by atoms with Crippen LogP contribution in [0.3, 0.4) is 0 Å². The van der Waals surface area contributed by atoms with Crippen molar-refractivity contribution in [2.45, 2.75) is 0 Å². The van der Waals surface area contributed by atoms with Crippen LogP contribution in [-0.4, -0.2) is 25.8 Å². The molecule has 0 spiro atoms. The highest BCUT2D eigenvalue weighted by Gasteiger charge is 2.09. The Kier molecular flexibility index (Phi) is 5.75. The largest absolute Gasteiger partial charge is 0.340 e. The average molecular weight is 256 g/mol. The third kappa shape index (κ3) is 4.23. The third-order valence-corrected chi connectivity index (χ3v) is 2.33. The SMILES string of the molecule is C=N/C=C(\C=N)NC(=C)N(CC=O)c1ccccc1. The van der Waals surface area contributed by atoms with Crippen LogP contribution in [0.4, 0.5) is 5.69 Å². The van der Waals surface area contributed by atoms with Crippen LogP contribution in [0.5, 0.6) is 0 Å². The second-order valence-corrected chi connectivity index (χ2v) is 3.60. The highest BCUT2D eigenvalue weighted by molar-refractivity contribution is 5.76. The summed E-state index contributed by atoms with van der Waals surface area (Å²) in [6.45, 7) is 7.36. The van der Waals surface area contributed by atoms with Crippen LogP contribution in [0.2, 0.25) is 0 Å². The van der Waals surface area contributed by atoms with Gasteiger partial charge in [0.2, 0.25) is 0 Å². The molecule has 0 unspecified atom stereocenters. The van der Waals surface area contributed by atoms with Gasteiger partial charge in [-0.3, -0.25) is 4.99 Å². The van der Waals surface area contributed by atoms with E-state index < -0.39 is 0 Å². The Morgan fingerprint density at radius 1 is 1.42 bits per heavy atom. The molecule has 0 aromatic heterocycles. The number of aliphatic imine (C=N–C) groups is 1. The molecule has 0 amide bonds. The minimum atomic E-state index is 0.169. The number of nitrogens with zero attached hydrogens (tertiary/aromatic N) is 2. The quantitative estimate of drug-likeness (QED) is 0.551. The molecule has 0 saturated carbocycles. The zero-order chi connectivity index (χ0) is 14.1. The van der Waals surface area contributed by atoms with E-state index in [9.17, 15) is 4.79 Å². The van der Waals surface area contributed by atoms with Gasteiger partial charge in [0.1, 0.15) is 12.1 Å². The van der Waals surface area contributed by atoms with Crippen LogP contribution < -0.4 is 10.2 Å². The lowest BCUT2D eigenvalue weighted by atomic mass is 10.3. The van der Waals surface area contributed by atoms with Gasteiger partial charge in [-0.1, -0.05) is 24.8 Å². The van der Waals surface area contributed by atoms with Crippen molar-refractivity contribution < 1.29 is 4.79 Å². The molecule has 98 valence electrons. The van der Waals surface area contributed by atoms with Crippen LogP contribution >= 0.6 is 0 Å². The van der Waals surface area contributed by atoms with Crippen molar-refractivity contribution in [2.75, 3.05) is 11.4 Å². The number of allylic oxidation sites excluding steroid dienone is 1. The lowest BCUT2D eigenvalue weighted by molar-refractivity contribution is -0.106. The van der Waals surface area contributed by atoms with Gasteiger partial charge in [-0.2, -0.15) is 0 Å². The molecule has 5 heteroatoms. The fraction of sp³-hybridized carbons (Fsp3) is 0.0714. The van der Waals surface area contributed by atoms with Crippen molar-refractivity contribution in [2.24, 2.45) is 4.99 Å². The zero-order valence-electron chi connectivity index (χ0n) is 10.5. The summed E-state index contributed by atoms with van der Waals surface area (Å²) >= 11 is 0. The molecule has 0 bridgehead atoms. The summed E-state index contributed by atoms with van der Waals surface area (Å²) in [5, 5.41) is 10.1. The Hall–Kier alpha value is -2.69. The molecule has 0 saturated heterocycles. The molecule has 0 aliphatic rings. The first-order chi connectivity index (χ1) is 9.22. The second kappa shape index (κ2) is 7.60. The second-order valence-electron chi connectivity index (χ2n) is 3.60. The van der Waals surface area contributed by atoms with Crippen molar-refractivity contribution in [1.29, 1.82) is 5.41 Å². The monoisotopic (exact) mass is 256 g/mol. The van der Waals surface area contributed by atoms with Crippen LogP contribution in [0.15, 0.2) is 59.6 Å². The van der Waals surface area contributed by atoms with Crippen LogP contribution in [0, 0.1) is 5.41 Å². The normalized spacial score (nSPS) is 10.4. The summed E-state index contributed by atoms with van der Waals surface area (Å²) in [5.41, 5.74) is 1.27. The Bertz CT molecular complexity index is 493. The minimum Gasteiger partial charge on any atom is -0.340 e. The number of hydrogen-bond donors (Lipinski definition) is 2. The highest BCUT2D eigenvalue weighted by atomic mass is 16.1. The van der Waals surface area contributed by atoms with E-state index in [1.54, 1.807) is 4.90 Å². The highest BCUT2D eigenvalue weighted by Crippen LogP contribution is 2.16. The standard InChI is InChI=1S/C14H16N4O/c1-12(17-13(10-15)11-16-2)18(8-9-19)14-6-4-3-5-7-14/h3-7,9-11,15,17H,1-2,8H2/b13-11+,15-10?. The van der Waals surface area contributed by atoms with Gasteiger partial charge in [0.15, 0.2) is 0 Å². The third-order valence-electron chi connectivity index (χ3n) is 2.33. The first-order valence-electron chi connectivity index (χ1n) is 5.61. The maximum absolute atomic E-state index is 10.8. The van der Waals surface area contributed by atoms with E-state index in [0.717, 1.165) is 18.2 Å². The summed E-state index contributed by atoms with van der Waals surface area (Å²) < 4.78 is 0. The molecule has 0 fully saturated rings. The number of hydrogen-bond acceptors (Lipinski definition) is 5. The molecule has 1 aromatic rings. The lowest BCUT2D eigenvalue weighted by Gasteiger charge is -2.25. The molecule has 0 aliphatic carbocycles. The number of carbonyl (C=O) groups excluding carboxylic acids is 1. The Labute approximate surface area is 112 Å². The van der Waals surface area contributed by atoms with E-state index in [1.165, 1.54) is 6.20 Å². The number of nitrogens with one attached hydrogen (secondary N) is 2. The van der Waals surface area contributed by atoms with Gasteiger partial charge >= 0.3 is 0 Å². The number of aldehydes is 1. The molecule has 0 aliphatic heterocycles. The van der Waals surface area contributed by atoms with E-state index in [-0.39, 0.29) is 6.54 Å². The Balaban J connectivity index is 2.91. The van der Waals surface area contributed by atoms with Crippen LogP contribution in [0.1, 0.15) is 0 Å². The summed E-state index contributed by atoms with van der Waals surface area (Å²) in [5.74, 6) is 0.483. The van der Waals surface area contributed by atoms with Crippen LogP contribution in [-0.2, 0) is 4.79 Å². The van der Waals surface area contributed by atoms with Gasteiger partial charge in [-0.25, -0.2) is 0 Å². The first kappa shape index (κ1) is 14.4. The number of para-hydroxylation sites is 1. The summed E-state index contributed by atoms with van der Waals surface area (Å²) in [4.78, 5) is 16.1. The number of anilines is 1. The fourth-order valence-corrected chi connectivity index (χ4v) is 1.49. The smallest absolute Gasteiger partial charge is 0.139 e. The summed E-state index contributed by atoms with van der Waals surface area (Å²) in [7, 11) is 0. The molecule has 2 N–H and O–H groups in total. The number of benzene rings is 1. The molecule has 1 aromatic carbocycles. The minimum absolute atomic E-state index is 0.169. The van der Waals surface area contributed by atoms with Gasteiger partial charge in [-0.05, 0) is 18.9 Å². The van der Waals surface area contributed by atoms with Gasteiger partial charge in [0, 0.05) is 11.9 Å². The van der Waals surface area contributed by atoms with Crippen molar-refractivity contribution >= 4 is 24.9 Å². The molecule has 0 heterocycles. The maximum atomic E-state index is 10.8. The van der Waals surface area contributed by atoms with Crippen molar-refractivity contribution in [3.05, 3.63) is 54.6 Å². The van der Waals surface area contributed by atoms with E-state index in [1.807, 2.05) is 30.3 Å². The molecule has 0 atom stereocenters. The van der Waals surface area contributed by atoms with Crippen LogP contribution in [0.25, 0.3) is 0 Å². The Morgan fingerprint density at radius 3 is 2.63 bits per heavy atom. The van der Waals surface area contributed by atoms with E-state index in [0.29, 0.717) is 11.5 Å². The zero-order valence-corrected chi connectivity index (χ0v) is 10.5. The van der Waals surface area contributed by atoms with E-state index >= 15 is 0 Å². The topological polar surface area (TPSA) is 68.6 Å². The molecular formula is C14H16N4O. The summed E-state index contributed by atoms with van der Waals surface area (Å²) in [6.07, 6.45) is 3.30. The molecule has 1 rings (SSSR count). The van der Waals surface area contributed by atoms with Gasteiger partial charge in [0.05, 0.1) is 18.4 Å². The van der Waals surface area contributed by atoms with E-state index in [4.69, 9.17) is 5.41 Å². The first-order valence-corrected chi connectivity index (χ1v) is 5.61. The molecule has 19 heavy (non-hydrogen) atoms. The van der Waals surface area contributed by atoms with Gasteiger partial charge in [-0.15, -0.1) is 0 Å². The van der Waals surface area contributed by atoms with Gasteiger partial charge < -0.3 is 20.4 Å². The number of rotatable bonds is 8. The molecule has 0 radical (unpaired) electrons. The summed E-state index contributed by atoms with van der Waals surface area (Å²) in [6, 6.07) is 9.38. The number of carbonyl (C=O) groups is 1. The van der Waals surface area contributed by atoms with Crippen molar-refractivity contribution in [3.8, 4) is 0 Å². The predicted octanol–water partition coefficient (Wildman–Crippen LogP) is 1.94. The molecule has 5 nitrogen and oxygen atoms in total. The van der Waals surface area contributed by atoms with Gasteiger partial charge in [0.25, 0.3) is 0 Å². The lowest BCUT2D eigenvalue weighted by Crippen LogP contribution is -2.32.